The lowest BCUT2D eigenvalue weighted by Gasteiger charge is -2.47. The molecule has 1 spiro atoms. The average Bonchev–Trinajstić information content (AvgIpc) is 3.02. The Morgan fingerprint density at radius 3 is 2.96 bits per heavy atom. The van der Waals surface area contributed by atoms with Gasteiger partial charge in [-0.1, -0.05) is 0 Å². The number of nitrogens with one attached hydrogen (secondary N) is 1. The number of pyridine rings is 1. The lowest BCUT2D eigenvalue weighted by Crippen LogP contribution is -2.59. The first-order valence-electron chi connectivity index (χ1n) is 8.93. The summed E-state index contributed by atoms with van der Waals surface area (Å²) in [5.41, 5.74) is 2.38. The van der Waals surface area contributed by atoms with Crippen LogP contribution >= 0.6 is 0 Å². The number of fused-ring (bicyclic) bond motifs is 1. The number of urea groups is 1. The molecule has 1 atom stereocenters. The summed E-state index contributed by atoms with van der Waals surface area (Å²) in [7, 11) is 0. The van der Waals surface area contributed by atoms with Crippen LogP contribution in [-0.4, -0.2) is 53.9 Å². The molecule has 3 aliphatic rings. The highest BCUT2D eigenvalue weighted by atomic mass is 16.5. The van der Waals surface area contributed by atoms with Crippen LogP contribution in [0.3, 0.4) is 0 Å². The molecule has 1 aromatic heterocycles. The van der Waals surface area contributed by atoms with E-state index in [1.54, 1.807) is 0 Å². The Balaban J connectivity index is 1.45. The molecule has 2 fully saturated rings. The van der Waals surface area contributed by atoms with Crippen molar-refractivity contribution in [1.29, 1.82) is 0 Å². The molecule has 4 rings (SSSR count). The zero-order chi connectivity index (χ0) is 16.6. The highest BCUT2D eigenvalue weighted by Gasteiger charge is 2.42. The zero-order valence-electron chi connectivity index (χ0n) is 14.2. The van der Waals surface area contributed by atoms with Gasteiger partial charge in [-0.3, -0.25) is 5.32 Å². The van der Waals surface area contributed by atoms with E-state index in [1.807, 2.05) is 24.1 Å². The fourth-order valence-corrected chi connectivity index (χ4v) is 4.11. The van der Waals surface area contributed by atoms with Gasteiger partial charge in [-0.15, -0.1) is 0 Å². The maximum Gasteiger partial charge on any atom is 0.323 e. The van der Waals surface area contributed by atoms with Gasteiger partial charge >= 0.3 is 6.03 Å². The van der Waals surface area contributed by atoms with Crippen molar-refractivity contribution < 1.29 is 14.3 Å². The molecule has 130 valence electrons. The molecule has 0 radical (unpaired) electrons. The van der Waals surface area contributed by atoms with Crippen LogP contribution in [0.4, 0.5) is 10.6 Å². The largest absolute Gasteiger partial charge is 0.381 e. The molecule has 1 N–H and O–H groups in total. The van der Waals surface area contributed by atoms with Crippen LogP contribution in [0.1, 0.15) is 37.3 Å². The second kappa shape index (κ2) is 6.33. The second-order valence-electron chi connectivity index (χ2n) is 7.23. The number of amides is 2. The molecule has 0 bridgehead atoms. The summed E-state index contributed by atoms with van der Waals surface area (Å²) in [6.07, 6.45) is 6.99. The van der Waals surface area contributed by atoms with Crippen molar-refractivity contribution in [2.24, 2.45) is 0 Å². The Labute approximate surface area is 142 Å². The summed E-state index contributed by atoms with van der Waals surface area (Å²) in [6.45, 7) is 4.67. The third-order valence-corrected chi connectivity index (χ3v) is 5.31. The monoisotopic (exact) mass is 331 g/mol. The molecular formula is C18H25N3O3. The van der Waals surface area contributed by atoms with E-state index in [9.17, 15) is 4.79 Å². The van der Waals surface area contributed by atoms with Gasteiger partial charge in [0.1, 0.15) is 5.82 Å². The number of carbonyl (C=O) groups is 1. The van der Waals surface area contributed by atoms with E-state index in [4.69, 9.17) is 9.47 Å². The maximum absolute atomic E-state index is 12.7. The number of nitrogens with zero attached hydrogens (tertiary/aromatic N) is 2. The fourth-order valence-electron chi connectivity index (χ4n) is 4.11. The fraction of sp³-hybridized carbons (Fsp3) is 0.667. The lowest BCUT2D eigenvalue weighted by atomic mass is 9.91. The van der Waals surface area contributed by atoms with Crippen LogP contribution in [0, 0.1) is 0 Å². The van der Waals surface area contributed by atoms with Gasteiger partial charge in [-0.05, 0) is 43.4 Å². The van der Waals surface area contributed by atoms with Crippen molar-refractivity contribution in [2.45, 2.75) is 50.7 Å². The molecule has 1 aromatic rings. The number of hydrogen-bond donors (Lipinski definition) is 1. The molecule has 6 heteroatoms. The van der Waals surface area contributed by atoms with Crippen LogP contribution in [0.5, 0.6) is 0 Å². The maximum atomic E-state index is 12.7. The molecule has 1 unspecified atom stereocenters. The van der Waals surface area contributed by atoms with Gasteiger partial charge in [-0.25, -0.2) is 9.78 Å². The third-order valence-electron chi connectivity index (χ3n) is 5.31. The Morgan fingerprint density at radius 2 is 2.12 bits per heavy atom. The lowest BCUT2D eigenvalue weighted by molar-refractivity contribution is -0.174. The summed E-state index contributed by atoms with van der Waals surface area (Å²) < 4.78 is 11.6. The summed E-state index contributed by atoms with van der Waals surface area (Å²) in [5, 5.41) is 2.97. The number of rotatable bonds is 1. The number of anilines is 1. The first-order chi connectivity index (χ1) is 11.6. The number of ether oxygens (including phenoxy) is 2. The standard InChI is InChI=1S/C18H25N3O3/c1-13-11-21(12-18(24-13)5-7-23-8-6-18)17(22)20-16-9-14-3-2-4-15(14)10-19-16/h9-10,13H,2-8,11-12H2,1H3,(H,19,20,22). The van der Waals surface area contributed by atoms with Crippen LogP contribution in [0.2, 0.25) is 0 Å². The molecule has 6 nitrogen and oxygen atoms in total. The minimum Gasteiger partial charge on any atom is -0.381 e. The topological polar surface area (TPSA) is 63.7 Å². The highest BCUT2D eigenvalue weighted by Crippen LogP contribution is 2.32. The molecule has 2 saturated heterocycles. The Kier molecular flexibility index (Phi) is 4.18. The van der Waals surface area contributed by atoms with Crippen molar-refractivity contribution in [3.63, 3.8) is 0 Å². The SMILES string of the molecule is CC1CN(C(=O)Nc2cc3c(cn2)CCC3)CC2(CCOCC2)O1. The molecule has 0 aromatic carbocycles. The predicted molar refractivity (Wildman–Crippen MR) is 90.2 cm³/mol. The summed E-state index contributed by atoms with van der Waals surface area (Å²) in [6, 6.07) is 1.94. The van der Waals surface area contributed by atoms with Crippen molar-refractivity contribution in [1.82, 2.24) is 9.88 Å². The van der Waals surface area contributed by atoms with Gasteiger partial charge in [0, 0.05) is 38.8 Å². The van der Waals surface area contributed by atoms with Crippen molar-refractivity contribution >= 4 is 11.8 Å². The van der Waals surface area contributed by atoms with E-state index in [-0.39, 0.29) is 17.7 Å². The average molecular weight is 331 g/mol. The normalized spacial score (nSPS) is 25.5. The van der Waals surface area contributed by atoms with Gasteiger partial charge in [0.05, 0.1) is 18.2 Å². The second-order valence-corrected chi connectivity index (χ2v) is 7.23. The first-order valence-corrected chi connectivity index (χ1v) is 8.93. The highest BCUT2D eigenvalue weighted by molar-refractivity contribution is 5.88. The quantitative estimate of drug-likeness (QED) is 0.858. The van der Waals surface area contributed by atoms with Crippen molar-refractivity contribution in [3.8, 4) is 0 Å². The van der Waals surface area contributed by atoms with E-state index < -0.39 is 0 Å². The van der Waals surface area contributed by atoms with Gasteiger partial charge in [0.2, 0.25) is 0 Å². The first kappa shape index (κ1) is 15.8. The summed E-state index contributed by atoms with van der Waals surface area (Å²) in [4.78, 5) is 19.0. The smallest absolute Gasteiger partial charge is 0.323 e. The molecule has 24 heavy (non-hydrogen) atoms. The molecule has 0 saturated carbocycles. The van der Waals surface area contributed by atoms with E-state index in [2.05, 4.69) is 10.3 Å². The van der Waals surface area contributed by atoms with E-state index >= 15 is 0 Å². The van der Waals surface area contributed by atoms with Gasteiger partial charge < -0.3 is 14.4 Å². The summed E-state index contributed by atoms with van der Waals surface area (Å²) in [5.74, 6) is 0.654. The Morgan fingerprint density at radius 1 is 1.33 bits per heavy atom. The van der Waals surface area contributed by atoms with Crippen LogP contribution in [-0.2, 0) is 22.3 Å². The number of aryl methyl sites for hydroxylation is 2. The van der Waals surface area contributed by atoms with Crippen LogP contribution < -0.4 is 5.32 Å². The Bertz CT molecular complexity index is 628. The molecular weight excluding hydrogens is 306 g/mol. The summed E-state index contributed by atoms with van der Waals surface area (Å²) >= 11 is 0. The van der Waals surface area contributed by atoms with E-state index in [1.165, 1.54) is 17.5 Å². The molecule has 1 aliphatic carbocycles. The van der Waals surface area contributed by atoms with E-state index in [0.717, 1.165) is 25.7 Å². The predicted octanol–water partition coefficient (Wildman–Crippen LogP) is 2.37. The third kappa shape index (κ3) is 3.13. The number of aromatic nitrogens is 1. The molecule has 2 amide bonds. The van der Waals surface area contributed by atoms with Crippen molar-refractivity contribution in [2.75, 3.05) is 31.6 Å². The van der Waals surface area contributed by atoms with Gasteiger partial charge in [0.15, 0.2) is 0 Å². The van der Waals surface area contributed by atoms with Gasteiger partial charge in [0.25, 0.3) is 0 Å². The van der Waals surface area contributed by atoms with Gasteiger partial charge in [-0.2, -0.15) is 0 Å². The number of carbonyl (C=O) groups excluding carboxylic acids is 1. The molecule has 3 heterocycles. The van der Waals surface area contributed by atoms with Crippen molar-refractivity contribution in [3.05, 3.63) is 23.4 Å². The van der Waals surface area contributed by atoms with Crippen LogP contribution in [0.25, 0.3) is 0 Å². The zero-order valence-corrected chi connectivity index (χ0v) is 14.2. The number of morpholine rings is 1. The minimum atomic E-state index is -0.251. The number of hydrogen-bond acceptors (Lipinski definition) is 4. The van der Waals surface area contributed by atoms with Crippen LogP contribution in [0.15, 0.2) is 12.3 Å². The van der Waals surface area contributed by atoms with E-state index in [0.29, 0.717) is 32.1 Å². The minimum absolute atomic E-state index is 0.0376. The Hall–Kier alpha value is -1.66. The molecule has 2 aliphatic heterocycles.